The van der Waals surface area contributed by atoms with Crippen molar-refractivity contribution in [2.24, 2.45) is 0 Å². The van der Waals surface area contributed by atoms with Crippen LogP contribution in [-0.4, -0.2) is 58.6 Å². The van der Waals surface area contributed by atoms with Crippen LogP contribution in [0, 0.1) is 0 Å². The molecule has 1 unspecified atom stereocenters. The molecule has 0 radical (unpaired) electrons. The molecule has 26 heavy (non-hydrogen) atoms. The van der Waals surface area contributed by atoms with Gasteiger partial charge in [0, 0.05) is 32.2 Å². The van der Waals surface area contributed by atoms with Crippen molar-refractivity contribution in [3.63, 3.8) is 0 Å². The molecule has 2 heterocycles. The Balaban J connectivity index is 1.63. The third-order valence-electron chi connectivity index (χ3n) is 4.56. The standard InChI is InChI=1S/C19H25N5O2/c1-15-12-23(13-16-7-4-3-5-8-16)9-6-10-24(15)19(25)22-18-17(26-2)11-20-14-21-18/h3-5,7-8,11,14-15H,6,9-10,12-13H2,1-2H3,(H,20,21,22,25). The molecule has 7 nitrogen and oxygen atoms in total. The van der Waals surface area contributed by atoms with E-state index in [1.807, 2.05) is 11.0 Å². The lowest BCUT2D eigenvalue weighted by molar-refractivity contribution is 0.184. The topological polar surface area (TPSA) is 70.6 Å². The van der Waals surface area contributed by atoms with Crippen molar-refractivity contribution in [1.82, 2.24) is 19.8 Å². The van der Waals surface area contributed by atoms with Crippen LogP contribution in [0.3, 0.4) is 0 Å². The van der Waals surface area contributed by atoms with Gasteiger partial charge in [0.05, 0.1) is 13.3 Å². The number of amides is 2. The van der Waals surface area contributed by atoms with E-state index >= 15 is 0 Å². The zero-order valence-corrected chi connectivity index (χ0v) is 15.3. The number of carbonyl (C=O) groups is 1. The number of nitrogens with one attached hydrogen (secondary N) is 1. The third kappa shape index (κ3) is 4.49. The Morgan fingerprint density at radius 3 is 2.88 bits per heavy atom. The van der Waals surface area contributed by atoms with Crippen LogP contribution in [0.2, 0.25) is 0 Å². The summed E-state index contributed by atoms with van der Waals surface area (Å²) in [6.07, 6.45) is 3.87. The van der Waals surface area contributed by atoms with Gasteiger partial charge in [-0.3, -0.25) is 10.2 Å². The molecular formula is C19H25N5O2. The third-order valence-corrected chi connectivity index (χ3v) is 4.56. The maximum atomic E-state index is 12.7. The molecule has 0 aliphatic carbocycles. The quantitative estimate of drug-likeness (QED) is 0.913. The van der Waals surface area contributed by atoms with E-state index in [1.54, 1.807) is 0 Å². The van der Waals surface area contributed by atoms with Gasteiger partial charge in [-0.25, -0.2) is 14.8 Å². The highest BCUT2D eigenvalue weighted by Crippen LogP contribution is 2.20. The molecule has 0 bridgehead atoms. The van der Waals surface area contributed by atoms with Gasteiger partial charge >= 0.3 is 6.03 Å². The number of carbonyl (C=O) groups excluding carboxylic acids is 1. The largest absolute Gasteiger partial charge is 0.491 e. The minimum Gasteiger partial charge on any atom is -0.491 e. The fraction of sp³-hybridized carbons (Fsp3) is 0.421. The van der Waals surface area contributed by atoms with E-state index in [0.29, 0.717) is 18.1 Å². The molecule has 2 aromatic rings. The van der Waals surface area contributed by atoms with Crippen molar-refractivity contribution in [2.45, 2.75) is 25.9 Å². The Kier molecular flexibility index (Phi) is 6.01. The molecule has 0 spiro atoms. The van der Waals surface area contributed by atoms with Gasteiger partial charge in [0.2, 0.25) is 0 Å². The molecule has 7 heteroatoms. The zero-order valence-electron chi connectivity index (χ0n) is 15.3. The molecule has 1 atom stereocenters. The average molecular weight is 355 g/mol. The highest BCUT2D eigenvalue weighted by atomic mass is 16.5. The number of hydrogen-bond acceptors (Lipinski definition) is 5. The van der Waals surface area contributed by atoms with E-state index in [2.05, 4.69) is 51.4 Å². The first kappa shape index (κ1) is 18.1. The van der Waals surface area contributed by atoms with Crippen molar-refractivity contribution in [3.8, 4) is 5.75 Å². The molecule has 1 aliphatic heterocycles. The summed E-state index contributed by atoms with van der Waals surface area (Å²) >= 11 is 0. The van der Waals surface area contributed by atoms with Gasteiger partial charge in [0.25, 0.3) is 0 Å². The zero-order chi connectivity index (χ0) is 18.4. The first-order chi connectivity index (χ1) is 12.7. The second-order valence-corrected chi connectivity index (χ2v) is 6.49. The molecule has 1 N–H and O–H groups in total. The number of urea groups is 1. The van der Waals surface area contributed by atoms with Gasteiger partial charge in [-0.05, 0) is 18.9 Å². The van der Waals surface area contributed by atoms with Gasteiger partial charge in [-0.2, -0.15) is 0 Å². The predicted molar refractivity (Wildman–Crippen MR) is 100 cm³/mol. The van der Waals surface area contributed by atoms with Crippen LogP contribution in [0.25, 0.3) is 0 Å². The monoisotopic (exact) mass is 355 g/mol. The Labute approximate surface area is 154 Å². The minimum atomic E-state index is -0.156. The molecule has 138 valence electrons. The summed E-state index contributed by atoms with van der Waals surface area (Å²) in [6.45, 7) is 5.51. The highest BCUT2D eigenvalue weighted by Gasteiger charge is 2.26. The molecule has 1 aromatic heterocycles. The van der Waals surface area contributed by atoms with E-state index in [-0.39, 0.29) is 12.1 Å². The Morgan fingerprint density at radius 2 is 2.12 bits per heavy atom. The summed E-state index contributed by atoms with van der Waals surface area (Å²) in [6, 6.07) is 10.4. The van der Waals surface area contributed by atoms with Gasteiger partial charge in [0.15, 0.2) is 11.6 Å². The normalized spacial score (nSPS) is 18.2. The second kappa shape index (κ2) is 8.62. The van der Waals surface area contributed by atoms with Crippen molar-refractivity contribution >= 4 is 11.8 Å². The predicted octanol–water partition coefficient (Wildman–Crippen LogP) is 2.61. The molecule has 1 saturated heterocycles. The number of nitrogens with zero attached hydrogens (tertiary/aromatic N) is 4. The molecule has 2 amide bonds. The lowest BCUT2D eigenvalue weighted by Crippen LogP contribution is -2.44. The van der Waals surface area contributed by atoms with Crippen LogP contribution < -0.4 is 10.1 Å². The van der Waals surface area contributed by atoms with Crippen LogP contribution in [0.1, 0.15) is 18.9 Å². The molecule has 1 aliphatic rings. The SMILES string of the molecule is COc1cncnc1NC(=O)N1CCCN(Cc2ccccc2)CC1C. The van der Waals surface area contributed by atoms with Crippen LogP contribution in [0.4, 0.5) is 10.6 Å². The van der Waals surface area contributed by atoms with Crippen LogP contribution >= 0.6 is 0 Å². The van der Waals surface area contributed by atoms with Crippen molar-refractivity contribution in [3.05, 3.63) is 48.4 Å². The van der Waals surface area contributed by atoms with Crippen molar-refractivity contribution in [2.75, 3.05) is 32.1 Å². The number of aromatic nitrogens is 2. The number of methoxy groups -OCH3 is 1. The Morgan fingerprint density at radius 1 is 1.31 bits per heavy atom. The second-order valence-electron chi connectivity index (χ2n) is 6.49. The minimum absolute atomic E-state index is 0.106. The molecular weight excluding hydrogens is 330 g/mol. The van der Waals surface area contributed by atoms with Gasteiger partial charge in [-0.1, -0.05) is 30.3 Å². The van der Waals surface area contributed by atoms with Crippen LogP contribution in [0.5, 0.6) is 5.75 Å². The van der Waals surface area contributed by atoms with Crippen molar-refractivity contribution < 1.29 is 9.53 Å². The van der Waals surface area contributed by atoms with E-state index in [1.165, 1.54) is 25.2 Å². The lowest BCUT2D eigenvalue weighted by atomic mass is 10.2. The number of hydrogen-bond donors (Lipinski definition) is 1. The van der Waals surface area contributed by atoms with Gasteiger partial charge in [-0.15, -0.1) is 0 Å². The van der Waals surface area contributed by atoms with Crippen LogP contribution in [0.15, 0.2) is 42.9 Å². The highest BCUT2D eigenvalue weighted by molar-refractivity contribution is 5.89. The maximum absolute atomic E-state index is 12.7. The first-order valence-electron chi connectivity index (χ1n) is 8.85. The fourth-order valence-corrected chi connectivity index (χ4v) is 3.27. The number of rotatable bonds is 4. The molecule has 0 saturated carbocycles. The summed E-state index contributed by atoms with van der Waals surface area (Å²) in [4.78, 5) is 25.0. The smallest absolute Gasteiger partial charge is 0.323 e. The summed E-state index contributed by atoms with van der Waals surface area (Å²) in [7, 11) is 1.53. The summed E-state index contributed by atoms with van der Waals surface area (Å²) in [5.41, 5.74) is 1.29. The number of ether oxygens (including phenoxy) is 1. The van der Waals surface area contributed by atoms with Gasteiger partial charge < -0.3 is 9.64 Å². The first-order valence-corrected chi connectivity index (χ1v) is 8.85. The average Bonchev–Trinajstić information content (AvgIpc) is 2.84. The Hall–Kier alpha value is -2.67. The van der Waals surface area contributed by atoms with E-state index in [4.69, 9.17) is 4.74 Å². The van der Waals surface area contributed by atoms with E-state index in [9.17, 15) is 4.79 Å². The molecule has 1 fully saturated rings. The lowest BCUT2D eigenvalue weighted by Gasteiger charge is -2.29. The fourth-order valence-electron chi connectivity index (χ4n) is 3.27. The Bertz CT molecular complexity index is 725. The summed E-state index contributed by atoms with van der Waals surface area (Å²) in [5.74, 6) is 0.846. The van der Waals surface area contributed by atoms with Gasteiger partial charge in [0.1, 0.15) is 6.33 Å². The summed E-state index contributed by atoms with van der Waals surface area (Å²) in [5, 5.41) is 2.85. The number of benzene rings is 1. The van der Waals surface area contributed by atoms with Crippen LogP contribution in [-0.2, 0) is 6.54 Å². The summed E-state index contributed by atoms with van der Waals surface area (Å²) < 4.78 is 5.20. The maximum Gasteiger partial charge on any atom is 0.323 e. The van der Waals surface area contributed by atoms with Crippen molar-refractivity contribution in [1.29, 1.82) is 0 Å². The molecule has 1 aromatic carbocycles. The van der Waals surface area contributed by atoms with E-state index in [0.717, 1.165) is 26.1 Å². The number of anilines is 1. The molecule has 3 rings (SSSR count). The van der Waals surface area contributed by atoms with E-state index < -0.39 is 0 Å².